The molecule has 170 valence electrons. The summed E-state index contributed by atoms with van der Waals surface area (Å²) in [5, 5.41) is 0. The monoisotopic (exact) mass is 431 g/mol. The van der Waals surface area contributed by atoms with Crippen molar-refractivity contribution in [1.82, 2.24) is 4.90 Å². The molecule has 0 bridgehead atoms. The lowest BCUT2D eigenvalue weighted by Gasteiger charge is -2.46. The number of nitrogens with zero attached hydrogens (tertiary/aromatic N) is 1. The Balaban J connectivity index is 3.42. The van der Waals surface area contributed by atoms with E-state index in [0.29, 0.717) is 0 Å². The average molecular weight is 431 g/mol. The van der Waals surface area contributed by atoms with Crippen molar-refractivity contribution in [1.29, 1.82) is 0 Å². The van der Waals surface area contributed by atoms with E-state index < -0.39 is 59.9 Å². The fourth-order valence-corrected chi connectivity index (χ4v) is 2.95. The highest BCUT2D eigenvalue weighted by Crippen LogP contribution is 2.28. The molecular formula is C19H29NO10. The predicted molar refractivity (Wildman–Crippen MR) is 100 cm³/mol. The number of piperidine rings is 1. The van der Waals surface area contributed by atoms with Crippen molar-refractivity contribution >= 4 is 30.0 Å². The minimum atomic E-state index is -1.28. The fourth-order valence-electron chi connectivity index (χ4n) is 2.95. The molecule has 0 spiro atoms. The lowest BCUT2D eigenvalue weighted by molar-refractivity contribution is -0.205. The maximum Gasteiger partial charge on any atom is 0.410 e. The summed E-state index contributed by atoms with van der Waals surface area (Å²) in [6.45, 7) is 8.95. The second-order valence-electron chi connectivity index (χ2n) is 7.80. The smallest absolute Gasteiger partial charge is 0.410 e. The Kier molecular flexibility index (Phi) is 8.61. The lowest BCUT2D eigenvalue weighted by atomic mass is 9.93. The van der Waals surface area contributed by atoms with E-state index in [9.17, 15) is 24.0 Å². The highest BCUT2D eigenvalue weighted by atomic mass is 16.6. The molecule has 0 aliphatic carbocycles. The van der Waals surface area contributed by atoms with Gasteiger partial charge in [0.15, 0.2) is 18.3 Å². The number of likely N-dealkylation sites (tertiary alicyclic amines) is 1. The molecule has 0 aromatic rings. The molecule has 0 saturated carbocycles. The molecule has 1 rings (SSSR count). The van der Waals surface area contributed by atoms with Crippen LogP contribution in [-0.2, 0) is 42.9 Å². The Morgan fingerprint density at radius 1 is 0.800 bits per heavy atom. The van der Waals surface area contributed by atoms with Crippen molar-refractivity contribution in [2.75, 3.05) is 13.2 Å². The van der Waals surface area contributed by atoms with Crippen molar-refractivity contribution < 1.29 is 47.7 Å². The molecule has 11 nitrogen and oxygen atoms in total. The van der Waals surface area contributed by atoms with Crippen LogP contribution >= 0.6 is 0 Å². The minimum Gasteiger partial charge on any atom is -0.464 e. The number of esters is 4. The van der Waals surface area contributed by atoms with Gasteiger partial charge in [-0.3, -0.25) is 24.1 Å². The molecule has 0 N–H and O–H groups in total. The molecule has 1 aliphatic heterocycles. The molecule has 11 heteroatoms. The summed E-state index contributed by atoms with van der Waals surface area (Å²) in [6, 6.07) is -1.05. The minimum absolute atomic E-state index is 0.240. The second-order valence-corrected chi connectivity index (χ2v) is 7.80. The summed E-state index contributed by atoms with van der Waals surface area (Å²) in [4.78, 5) is 60.3. The van der Waals surface area contributed by atoms with Gasteiger partial charge in [0.2, 0.25) is 0 Å². The number of carbonyl (C=O) groups is 5. The normalized spacial score (nSPS) is 23.8. The van der Waals surface area contributed by atoms with Crippen LogP contribution in [0.15, 0.2) is 0 Å². The predicted octanol–water partition coefficient (Wildman–Crippen LogP) is 0.964. The van der Waals surface area contributed by atoms with E-state index in [0.717, 1.165) is 25.7 Å². The zero-order chi connectivity index (χ0) is 23.2. The van der Waals surface area contributed by atoms with E-state index in [2.05, 4.69) is 0 Å². The van der Waals surface area contributed by atoms with E-state index in [-0.39, 0.29) is 13.2 Å². The Labute approximate surface area is 174 Å². The van der Waals surface area contributed by atoms with Gasteiger partial charge in [0.25, 0.3) is 0 Å². The van der Waals surface area contributed by atoms with Crippen LogP contribution in [0.5, 0.6) is 0 Å². The van der Waals surface area contributed by atoms with Gasteiger partial charge in [0.05, 0.1) is 6.54 Å². The number of carbonyl (C=O) groups excluding carboxylic acids is 5. The van der Waals surface area contributed by atoms with Crippen LogP contribution in [0.4, 0.5) is 4.79 Å². The Hall–Kier alpha value is -2.85. The zero-order valence-electron chi connectivity index (χ0n) is 18.3. The summed E-state index contributed by atoms with van der Waals surface area (Å²) in [7, 11) is 0. The molecular weight excluding hydrogens is 402 g/mol. The van der Waals surface area contributed by atoms with Crippen molar-refractivity contribution in [2.24, 2.45) is 0 Å². The van der Waals surface area contributed by atoms with Gasteiger partial charge in [0.1, 0.15) is 18.2 Å². The van der Waals surface area contributed by atoms with Gasteiger partial charge in [-0.25, -0.2) is 4.79 Å². The van der Waals surface area contributed by atoms with Crippen LogP contribution in [0.1, 0.15) is 48.5 Å². The molecule has 1 amide bonds. The first-order valence-electron chi connectivity index (χ1n) is 9.36. The molecule has 1 fully saturated rings. The third-order valence-electron chi connectivity index (χ3n) is 3.85. The molecule has 0 radical (unpaired) electrons. The van der Waals surface area contributed by atoms with Crippen molar-refractivity contribution in [3.05, 3.63) is 0 Å². The standard InChI is InChI=1S/C19H29NO10/c1-10(21)26-9-14-16(28-12(3)23)17(29-13(4)24)15(27-11(2)22)8-20(14)18(25)30-19(5,6)7/h14-17H,8-9H2,1-7H3/t14-,15+,16-,17+/m0/s1. The van der Waals surface area contributed by atoms with Crippen LogP contribution < -0.4 is 0 Å². The second kappa shape index (κ2) is 10.3. The molecule has 0 aromatic carbocycles. The molecule has 0 unspecified atom stereocenters. The molecule has 1 aliphatic rings. The Bertz CT molecular complexity index is 683. The van der Waals surface area contributed by atoms with E-state index in [4.69, 9.17) is 23.7 Å². The lowest BCUT2D eigenvalue weighted by Crippen LogP contribution is -2.67. The maximum absolute atomic E-state index is 12.8. The van der Waals surface area contributed by atoms with E-state index in [1.807, 2.05) is 0 Å². The van der Waals surface area contributed by atoms with E-state index in [1.54, 1.807) is 20.8 Å². The molecule has 0 aromatic heterocycles. The summed E-state index contributed by atoms with van der Waals surface area (Å²) < 4.78 is 26.3. The molecule has 1 saturated heterocycles. The van der Waals surface area contributed by atoms with Crippen molar-refractivity contribution in [3.63, 3.8) is 0 Å². The highest BCUT2D eigenvalue weighted by Gasteiger charge is 2.52. The van der Waals surface area contributed by atoms with Crippen LogP contribution in [0.25, 0.3) is 0 Å². The maximum atomic E-state index is 12.8. The van der Waals surface area contributed by atoms with Gasteiger partial charge in [-0.2, -0.15) is 0 Å². The Morgan fingerprint density at radius 2 is 1.30 bits per heavy atom. The third-order valence-corrected chi connectivity index (χ3v) is 3.85. The van der Waals surface area contributed by atoms with Gasteiger partial charge < -0.3 is 23.7 Å². The first-order valence-corrected chi connectivity index (χ1v) is 9.36. The average Bonchev–Trinajstić information content (AvgIpc) is 2.53. The zero-order valence-corrected chi connectivity index (χ0v) is 18.3. The van der Waals surface area contributed by atoms with E-state index >= 15 is 0 Å². The van der Waals surface area contributed by atoms with Crippen LogP contribution in [0.2, 0.25) is 0 Å². The number of rotatable bonds is 5. The van der Waals surface area contributed by atoms with Gasteiger partial charge in [-0.1, -0.05) is 0 Å². The quantitative estimate of drug-likeness (QED) is 0.457. The molecule has 1 heterocycles. The summed E-state index contributed by atoms with van der Waals surface area (Å²) in [6.07, 6.45) is -4.46. The largest absolute Gasteiger partial charge is 0.464 e. The topological polar surface area (TPSA) is 135 Å². The number of hydrogen-bond acceptors (Lipinski definition) is 10. The fraction of sp³-hybridized carbons (Fsp3) is 0.737. The van der Waals surface area contributed by atoms with Gasteiger partial charge in [-0.15, -0.1) is 0 Å². The summed E-state index contributed by atoms with van der Waals surface area (Å²) >= 11 is 0. The van der Waals surface area contributed by atoms with Crippen LogP contribution in [-0.4, -0.2) is 78.0 Å². The summed E-state index contributed by atoms with van der Waals surface area (Å²) in [5.41, 5.74) is -0.857. The van der Waals surface area contributed by atoms with E-state index in [1.165, 1.54) is 6.92 Å². The first kappa shape index (κ1) is 25.2. The van der Waals surface area contributed by atoms with Crippen molar-refractivity contribution in [2.45, 2.75) is 78.4 Å². The number of hydrogen-bond donors (Lipinski definition) is 0. The number of ether oxygens (including phenoxy) is 5. The third kappa shape index (κ3) is 7.88. The highest BCUT2D eigenvalue weighted by molar-refractivity contribution is 5.71. The SMILES string of the molecule is CC(=O)OC[C@H]1[C@H](OC(C)=O)[C@H](OC(C)=O)[C@H](OC(C)=O)CN1C(=O)OC(C)(C)C. The Morgan fingerprint density at radius 3 is 1.73 bits per heavy atom. The van der Waals surface area contributed by atoms with Gasteiger partial charge in [-0.05, 0) is 20.8 Å². The van der Waals surface area contributed by atoms with Gasteiger partial charge in [0, 0.05) is 27.7 Å². The summed E-state index contributed by atoms with van der Waals surface area (Å²) in [5.74, 6) is -2.78. The van der Waals surface area contributed by atoms with Crippen LogP contribution in [0.3, 0.4) is 0 Å². The number of amides is 1. The first-order chi connectivity index (χ1) is 13.7. The van der Waals surface area contributed by atoms with Gasteiger partial charge >= 0.3 is 30.0 Å². The van der Waals surface area contributed by atoms with Crippen molar-refractivity contribution in [3.8, 4) is 0 Å². The van der Waals surface area contributed by atoms with Crippen LogP contribution in [0, 0.1) is 0 Å². The molecule has 4 atom stereocenters. The molecule has 30 heavy (non-hydrogen) atoms.